The summed E-state index contributed by atoms with van der Waals surface area (Å²) in [6.07, 6.45) is 0. The van der Waals surface area contributed by atoms with Gasteiger partial charge in [-0.3, -0.25) is 9.59 Å². The average molecular weight is 398 g/mol. The number of ether oxygens (including phenoxy) is 1. The minimum Gasteiger partial charge on any atom is -0.457 e. The molecule has 0 saturated heterocycles. The molecule has 0 bridgehead atoms. The monoisotopic (exact) mass is 398 g/mol. The van der Waals surface area contributed by atoms with Crippen LogP contribution in [0.2, 0.25) is 0 Å². The van der Waals surface area contributed by atoms with Crippen molar-refractivity contribution in [1.29, 1.82) is 0 Å². The Bertz CT molecular complexity index is 925. The van der Waals surface area contributed by atoms with Crippen LogP contribution in [0, 0.1) is 5.82 Å². The summed E-state index contributed by atoms with van der Waals surface area (Å²) >= 11 is 1.32. The van der Waals surface area contributed by atoms with E-state index >= 15 is 0 Å². The summed E-state index contributed by atoms with van der Waals surface area (Å²) in [5.74, 6) is 0.298. The lowest BCUT2D eigenvalue weighted by atomic mass is 10.2. The van der Waals surface area contributed by atoms with Crippen LogP contribution in [-0.2, 0) is 11.3 Å². The van der Waals surface area contributed by atoms with Crippen LogP contribution >= 0.6 is 11.3 Å². The number of benzene rings is 2. The van der Waals surface area contributed by atoms with Crippen LogP contribution in [0.3, 0.4) is 0 Å². The van der Waals surface area contributed by atoms with Crippen molar-refractivity contribution in [2.45, 2.75) is 19.5 Å². The molecule has 0 radical (unpaired) electrons. The Labute approximate surface area is 166 Å². The molecule has 1 aromatic heterocycles. The van der Waals surface area contributed by atoms with Crippen LogP contribution in [-0.4, -0.2) is 17.9 Å². The van der Waals surface area contributed by atoms with Gasteiger partial charge in [-0.25, -0.2) is 4.39 Å². The standard InChI is InChI=1S/C21H19FN2O3S/c1-14(24-21(26)19-3-2-12-28-19)20(25)23-13-15-4-8-17(9-5-15)27-18-10-6-16(22)7-11-18/h2-12,14H,13H2,1H3,(H,23,25)(H,24,26)/t14-/m0/s1. The van der Waals surface area contributed by atoms with Gasteiger partial charge in [0.25, 0.3) is 5.91 Å². The maximum atomic E-state index is 12.9. The van der Waals surface area contributed by atoms with Gasteiger partial charge >= 0.3 is 0 Å². The highest BCUT2D eigenvalue weighted by atomic mass is 32.1. The molecule has 0 fully saturated rings. The smallest absolute Gasteiger partial charge is 0.261 e. The van der Waals surface area contributed by atoms with Gasteiger partial charge in [-0.15, -0.1) is 11.3 Å². The zero-order valence-corrected chi connectivity index (χ0v) is 16.0. The second kappa shape index (κ2) is 9.14. The molecule has 5 nitrogen and oxygen atoms in total. The summed E-state index contributed by atoms with van der Waals surface area (Å²) in [4.78, 5) is 24.7. The molecule has 0 aliphatic carbocycles. The molecule has 0 saturated carbocycles. The summed E-state index contributed by atoms with van der Waals surface area (Å²) in [6.45, 7) is 1.97. The quantitative estimate of drug-likeness (QED) is 0.629. The van der Waals surface area contributed by atoms with Gasteiger partial charge in [0.2, 0.25) is 5.91 Å². The second-order valence-electron chi connectivity index (χ2n) is 6.09. The number of amides is 2. The van der Waals surface area contributed by atoms with E-state index < -0.39 is 6.04 Å². The molecule has 0 aliphatic heterocycles. The highest BCUT2D eigenvalue weighted by molar-refractivity contribution is 7.12. The van der Waals surface area contributed by atoms with E-state index in [1.165, 1.54) is 23.5 Å². The SMILES string of the molecule is C[C@H](NC(=O)c1cccs1)C(=O)NCc1ccc(Oc2ccc(F)cc2)cc1. The van der Waals surface area contributed by atoms with E-state index in [1.807, 2.05) is 17.5 Å². The third-order valence-corrected chi connectivity index (χ3v) is 4.79. The summed E-state index contributed by atoms with van der Waals surface area (Å²) < 4.78 is 18.5. The molecule has 0 unspecified atom stereocenters. The van der Waals surface area contributed by atoms with Crippen molar-refractivity contribution in [2.75, 3.05) is 0 Å². The molecule has 144 valence electrons. The predicted molar refractivity (Wildman–Crippen MR) is 106 cm³/mol. The van der Waals surface area contributed by atoms with Gasteiger partial charge in [-0.2, -0.15) is 0 Å². The highest BCUT2D eigenvalue weighted by Crippen LogP contribution is 2.21. The first-order chi connectivity index (χ1) is 13.5. The van der Waals surface area contributed by atoms with E-state index in [0.717, 1.165) is 5.56 Å². The normalized spacial score (nSPS) is 11.5. The molecule has 2 amide bonds. The first-order valence-electron chi connectivity index (χ1n) is 8.66. The molecule has 2 aromatic carbocycles. The van der Waals surface area contributed by atoms with Crippen LogP contribution in [0.4, 0.5) is 4.39 Å². The van der Waals surface area contributed by atoms with Crippen molar-refractivity contribution < 1.29 is 18.7 Å². The Morgan fingerprint density at radius 2 is 1.68 bits per heavy atom. The minimum atomic E-state index is -0.643. The van der Waals surface area contributed by atoms with Crippen molar-refractivity contribution in [3.05, 3.63) is 82.3 Å². The Kier molecular flexibility index (Phi) is 6.39. The van der Waals surface area contributed by atoms with Gasteiger partial charge in [-0.05, 0) is 60.3 Å². The number of hydrogen-bond donors (Lipinski definition) is 2. The lowest BCUT2D eigenvalue weighted by Gasteiger charge is -2.14. The van der Waals surface area contributed by atoms with Gasteiger partial charge in [0.05, 0.1) is 4.88 Å². The highest BCUT2D eigenvalue weighted by Gasteiger charge is 2.16. The van der Waals surface area contributed by atoms with Crippen molar-refractivity contribution in [1.82, 2.24) is 10.6 Å². The molecule has 0 spiro atoms. The fourth-order valence-corrected chi connectivity index (χ4v) is 3.02. The Morgan fingerprint density at radius 3 is 2.29 bits per heavy atom. The van der Waals surface area contributed by atoms with E-state index in [4.69, 9.17) is 4.74 Å². The number of rotatable bonds is 7. The van der Waals surface area contributed by atoms with Crippen molar-refractivity contribution in [3.63, 3.8) is 0 Å². The maximum Gasteiger partial charge on any atom is 0.261 e. The number of hydrogen-bond acceptors (Lipinski definition) is 4. The molecule has 3 aromatic rings. The lowest BCUT2D eigenvalue weighted by molar-refractivity contribution is -0.122. The Hall–Kier alpha value is -3.19. The zero-order chi connectivity index (χ0) is 19.9. The summed E-state index contributed by atoms with van der Waals surface area (Å²) in [6, 6.07) is 15.8. The molecular weight excluding hydrogens is 379 g/mol. The van der Waals surface area contributed by atoms with Crippen LogP contribution in [0.5, 0.6) is 11.5 Å². The summed E-state index contributed by atoms with van der Waals surface area (Å²) in [5.41, 5.74) is 0.886. The van der Waals surface area contributed by atoms with Gasteiger partial charge in [0.15, 0.2) is 0 Å². The third kappa shape index (κ3) is 5.40. The summed E-state index contributed by atoms with van der Waals surface area (Å²) in [5, 5.41) is 7.27. The van der Waals surface area contributed by atoms with Crippen LogP contribution in [0.15, 0.2) is 66.0 Å². The molecule has 3 rings (SSSR count). The van der Waals surface area contributed by atoms with Gasteiger partial charge in [-0.1, -0.05) is 18.2 Å². The Balaban J connectivity index is 1.48. The van der Waals surface area contributed by atoms with Crippen LogP contribution < -0.4 is 15.4 Å². The molecule has 28 heavy (non-hydrogen) atoms. The number of halogens is 1. The number of thiophene rings is 1. The largest absolute Gasteiger partial charge is 0.457 e. The van der Waals surface area contributed by atoms with Gasteiger partial charge < -0.3 is 15.4 Å². The zero-order valence-electron chi connectivity index (χ0n) is 15.1. The third-order valence-electron chi connectivity index (χ3n) is 3.93. The van der Waals surface area contributed by atoms with E-state index in [-0.39, 0.29) is 17.6 Å². The number of nitrogens with one attached hydrogen (secondary N) is 2. The molecule has 2 N–H and O–H groups in total. The molecule has 7 heteroatoms. The maximum absolute atomic E-state index is 12.9. The van der Waals surface area contributed by atoms with E-state index in [9.17, 15) is 14.0 Å². The Morgan fingerprint density at radius 1 is 1.04 bits per heavy atom. The first-order valence-corrected chi connectivity index (χ1v) is 9.53. The molecule has 1 heterocycles. The number of carbonyl (C=O) groups is 2. The average Bonchev–Trinajstić information content (AvgIpc) is 3.24. The minimum absolute atomic E-state index is 0.264. The predicted octanol–water partition coefficient (Wildman–Crippen LogP) is 4.11. The molecule has 0 aliphatic rings. The van der Waals surface area contributed by atoms with Gasteiger partial charge in [0, 0.05) is 6.54 Å². The second-order valence-corrected chi connectivity index (χ2v) is 7.04. The van der Waals surface area contributed by atoms with E-state index in [2.05, 4.69) is 10.6 Å². The van der Waals surface area contributed by atoms with E-state index in [0.29, 0.717) is 22.9 Å². The molecular formula is C21H19FN2O3S. The summed E-state index contributed by atoms with van der Waals surface area (Å²) in [7, 11) is 0. The topological polar surface area (TPSA) is 67.4 Å². The van der Waals surface area contributed by atoms with Crippen LogP contribution in [0.25, 0.3) is 0 Å². The van der Waals surface area contributed by atoms with E-state index in [1.54, 1.807) is 43.3 Å². The van der Waals surface area contributed by atoms with Crippen molar-refractivity contribution in [2.24, 2.45) is 0 Å². The number of carbonyl (C=O) groups excluding carboxylic acids is 2. The molecule has 1 atom stereocenters. The van der Waals surface area contributed by atoms with Crippen LogP contribution in [0.1, 0.15) is 22.2 Å². The van der Waals surface area contributed by atoms with Gasteiger partial charge in [0.1, 0.15) is 23.4 Å². The first kappa shape index (κ1) is 19.6. The van der Waals surface area contributed by atoms with Crippen molar-refractivity contribution in [3.8, 4) is 11.5 Å². The lowest BCUT2D eigenvalue weighted by Crippen LogP contribution is -2.44. The fraction of sp³-hybridized carbons (Fsp3) is 0.143. The fourth-order valence-electron chi connectivity index (χ4n) is 2.40. The van der Waals surface area contributed by atoms with Crippen molar-refractivity contribution >= 4 is 23.2 Å².